The van der Waals surface area contributed by atoms with E-state index in [4.69, 9.17) is 5.11 Å². The van der Waals surface area contributed by atoms with Crippen molar-refractivity contribution in [3.63, 3.8) is 0 Å². The van der Waals surface area contributed by atoms with Crippen LogP contribution in [0.4, 0.5) is 0 Å². The predicted molar refractivity (Wildman–Crippen MR) is 88.2 cm³/mol. The molecular weight excluding hydrogens is 280 g/mol. The van der Waals surface area contributed by atoms with Gasteiger partial charge in [-0.3, -0.25) is 0 Å². The summed E-state index contributed by atoms with van der Waals surface area (Å²) in [5, 5.41) is 19.2. The summed E-state index contributed by atoms with van der Waals surface area (Å²) in [6, 6.07) is 0. The number of hydrogen-bond acceptors (Lipinski definition) is 3. The normalized spacial score (nSPS) is 21.1. The molecule has 22 heavy (non-hydrogen) atoms. The number of carboxylic acids is 1. The second-order valence-electron chi connectivity index (χ2n) is 6.43. The van der Waals surface area contributed by atoms with Gasteiger partial charge in [0.25, 0.3) is 0 Å². The minimum absolute atomic E-state index is 0.267. The van der Waals surface area contributed by atoms with Crippen LogP contribution in [0.5, 0.6) is 0 Å². The minimum Gasteiger partial charge on any atom is -0.477 e. The van der Waals surface area contributed by atoms with E-state index in [0.717, 1.165) is 19.3 Å². The number of aliphatic carboxylic acids is 1. The number of nitrogens with zero attached hydrogens (tertiary/aromatic N) is 2. The van der Waals surface area contributed by atoms with Gasteiger partial charge in [-0.1, -0.05) is 64.7 Å². The van der Waals surface area contributed by atoms with E-state index in [2.05, 4.69) is 11.9 Å². The fourth-order valence-corrected chi connectivity index (χ4v) is 3.06. The highest BCUT2D eigenvalue weighted by atomic mass is 16.6. The van der Waals surface area contributed by atoms with E-state index in [1.807, 2.05) is 0 Å². The Morgan fingerprint density at radius 3 is 2.14 bits per heavy atom. The molecule has 0 radical (unpaired) electrons. The smallest absolute Gasteiger partial charge is 0.362 e. The molecule has 5 heteroatoms. The van der Waals surface area contributed by atoms with Crippen LogP contribution >= 0.6 is 0 Å². The highest BCUT2D eigenvalue weighted by Crippen LogP contribution is 2.17. The number of hydroxylamine groups is 3. The Morgan fingerprint density at radius 1 is 1.05 bits per heavy atom. The van der Waals surface area contributed by atoms with E-state index in [0.29, 0.717) is 18.9 Å². The third kappa shape index (κ3) is 7.36. The van der Waals surface area contributed by atoms with Gasteiger partial charge in [-0.05, 0) is 6.42 Å². The Kier molecular flexibility index (Phi) is 9.32. The van der Waals surface area contributed by atoms with Crippen molar-refractivity contribution in [2.45, 2.75) is 77.6 Å². The zero-order valence-corrected chi connectivity index (χ0v) is 14.1. The van der Waals surface area contributed by atoms with Crippen LogP contribution in [0, 0.1) is 0 Å². The molecule has 0 fully saturated rings. The van der Waals surface area contributed by atoms with Crippen LogP contribution in [0.25, 0.3) is 0 Å². The molecule has 1 aliphatic heterocycles. The fraction of sp³-hybridized carbons (Fsp3) is 0.882. The molecule has 2 N–H and O–H groups in total. The number of hydrogen-bond donors (Lipinski definition) is 2. The molecule has 1 heterocycles. The summed E-state index contributed by atoms with van der Waals surface area (Å²) in [6.07, 6.45) is 13.4. The number of quaternary nitrogens is 1. The van der Waals surface area contributed by atoms with E-state index in [1.165, 1.54) is 51.4 Å². The third-order valence-corrected chi connectivity index (χ3v) is 4.40. The zero-order chi connectivity index (χ0) is 16.3. The summed E-state index contributed by atoms with van der Waals surface area (Å²) in [5.74, 6) is -0.317. The number of amidine groups is 1. The monoisotopic (exact) mass is 313 g/mol. The third-order valence-electron chi connectivity index (χ3n) is 4.40. The summed E-state index contributed by atoms with van der Waals surface area (Å²) >= 11 is 0. The quantitative estimate of drug-likeness (QED) is 0.399. The first kappa shape index (κ1) is 19.1. The van der Waals surface area contributed by atoms with Gasteiger partial charge in [-0.25, -0.2) is 15.0 Å². The number of aliphatic imine (C=N–C) groups is 1. The van der Waals surface area contributed by atoms with Gasteiger partial charge in [-0.15, -0.1) is 4.65 Å². The second-order valence-corrected chi connectivity index (χ2v) is 6.43. The number of carboxylic acid groups (broad SMARTS) is 1. The van der Waals surface area contributed by atoms with Gasteiger partial charge in [0.15, 0.2) is 0 Å². The Bertz CT molecular complexity index is 358. The summed E-state index contributed by atoms with van der Waals surface area (Å²) in [6.45, 7) is 2.91. The highest BCUT2D eigenvalue weighted by molar-refractivity contribution is 5.79. The molecule has 0 aromatic carbocycles. The first-order chi connectivity index (χ1) is 10.6. The van der Waals surface area contributed by atoms with Crippen molar-refractivity contribution >= 4 is 11.8 Å². The van der Waals surface area contributed by atoms with Crippen LogP contribution in [-0.4, -0.2) is 46.4 Å². The molecule has 1 rings (SSSR count). The van der Waals surface area contributed by atoms with Gasteiger partial charge in [0.2, 0.25) is 12.4 Å². The first-order valence-corrected chi connectivity index (χ1v) is 8.94. The fourth-order valence-electron chi connectivity index (χ4n) is 3.06. The molecule has 128 valence electrons. The van der Waals surface area contributed by atoms with Crippen LogP contribution in [-0.2, 0) is 4.79 Å². The summed E-state index contributed by atoms with van der Waals surface area (Å²) in [7, 11) is 0. The van der Waals surface area contributed by atoms with Crippen molar-refractivity contribution in [1.82, 2.24) is 0 Å². The van der Waals surface area contributed by atoms with Crippen LogP contribution in [0.2, 0.25) is 0 Å². The first-order valence-electron chi connectivity index (χ1n) is 8.94. The van der Waals surface area contributed by atoms with E-state index in [9.17, 15) is 10.0 Å². The summed E-state index contributed by atoms with van der Waals surface area (Å²) in [4.78, 5) is 15.1. The minimum atomic E-state index is -0.972. The average molecular weight is 313 g/mol. The van der Waals surface area contributed by atoms with Gasteiger partial charge in [0.05, 0.1) is 6.54 Å². The Balaban J connectivity index is 2.03. The largest absolute Gasteiger partial charge is 0.477 e. The van der Waals surface area contributed by atoms with Crippen molar-refractivity contribution in [1.29, 1.82) is 0 Å². The molecule has 1 aliphatic rings. The van der Waals surface area contributed by atoms with Gasteiger partial charge in [0.1, 0.15) is 6.54 Å². The lowest BCUT2D eigenvalue weighted by molar-refractivity contribution is -1.02. The van der Waals surface area contributed by atoms with Crippen molar-refractivity contribution in [3.05, 3.63) is 0 Å². The number of rotatable bonds is 13. The molecule has 0 aromatic rings. The Hall–Kier alpha value is -0.940. The highest BCUT2D eigenvalue weighted by Gasteiger charge is 2.39. The maximum absolute atomic E-state index is 10.8. The van der Waals surface area contributed by atoms with Crippen LogP contribution < -0.4 is 0 Å². The van der Waals surface area contributed by atoms with E-state index < -0.39 is 10.6 Å². The SMILES string of the molecule is CCCCCCCCCCCCC1=NCC[N+]1(O)CC(=O)O. The van der Waals surface area contributed by atoms with Gasteiger partial charge in [-0.2, -0.15) is 0 Å². The number of carbonyl (C=O) groups is 1. The van der Waals surface area contributed by atoms with Crippen molar-refractivity contribution in [2.75, 3.05) is 19.6 Å². The van der Waals surface area contributed by atoms with Gasteiger partial charge in [0, 0.05) is 6.42 Å². The lowest BCUT2D eigenvalue weighted by atomic mass is 10.1. The van der Waals surface area contributed by atoms with E-state index >= 15 is 0 Å². The lowest BCUT2D eigenvalue weighted by Gasteiger charge is -2.23. The number of unbranched alkanes of at least 4 members (excludes halogenated alkanes) is 9. The zero-order valence-electron chi connectivity index (χ0n) is 14.1. The van der Waals surface area contributed by atoms with Gasteiger partial charge >= 0.3 is 5.97 Å². The predicted octanol–water partition coefficient (Wildman–Crippen LogP) is 4.00. The Labute approximate surface area is 134 Å². The molecule has 0 bridgehead atoms. The van der Waals surface area contributed by atoms with E-state index in [1.54, 1.807) is 0 Å². The molecule has 0 saturated heterocycles. The standard InChI is InChI=1S/C17H32N2O3/c1-2-3-4-5-6-7-8-9-10-11-12-16-18-13-14-19(16,22)15-17(20)21/h22H,2-15H2,1H3/p+1. The van der Waals surface area contributed by atoms with Crippen LogP contribution in [0.15, 0.2) is 4.99 Å². The molecular formula is C17H33N2O3+. The van der Waals surface area contributed by atoms with Crippen LogP contribution in [0.3, 0.4) is 0 Å². The Morgan fingerprint density at radius 2 is 1.59 bits per heavy atom. The molecule has 1 unspecified atom stereocenters. The molecule has 0 aromatic heterocycles. The molecule has 0 spiro atoms. The molecule has 0 saturated carbocycles. The van der Waals surface area contributed by atoms with E-state index in [-0.39, 0.29) is 6.54 Å². The van der Waals surface area contributed by atoms with Gasteiger partial charge < -0.3 is 5.11 Å². The lowest BCUT2D eigenvalue weighted by Crippen LogP contribution is -2.50. The van der Waals surface area contributed by atoms with Crippen LogP contribution in [0.1, 0.15) is 77.6 Å². The molecule has 1 atom stereocenters. The van der Waals surface area contributed by atoms with Crippen molar-refractivity contribution < 1.29 is 19.8 Å². The van der Waals surface area contributed by atoms with Crippen molar-refractivity contribution in [3.8, 4) is 0 Å². The second kappa shape index (κ2) is 10.7. The maximum Gasteiger partial charge on any atom is 0.362 e. The topological polar surface area (TPSA) is 69.9 Å². The summed E-state index contributed by atoms with van der Waals surface area (Å²) < 4.78 is -0.479. The van der Waals surface area contributed by atoms with Crippen molar-refractivity contribution in [2.24, 2.45) is 4.99 Å². The molecule has 0 amide bonds. The average Bonchev–Trinajstić information content (AvgIpc) is 2.81. The molecule has 0 aliphatic carbocycles. The maximum atomic E-state index is 10.8. The molecule has 5 nitrogen and oxygen atoms in total. The summed E-state index contributed by atoms with van der Waals surface area (Å²) in [5.41, 5.74) is 0.